The maximum absolute atomic E-state index is 4.22. The number of imidazole rings is 1. The van der Waals surface area contributed by atoms with Gasteiger partial charge in [-0.2, -0.15) is 0 Å². The first-order chi connectivity index (χ1) is 9.31. The van der Waals surface area contributed by atoms with Crippen LogP contribution in [-0.4, -0.2) is 9.97 Å². The third kappa shape index (κ3) is 2.65. The van der Waals surface area contributed by atoms with Crippen molar-refractivity contribution in [3.63, 3.8) is 0 Å². The number of aryl methyl sites for hydroxylation is 1. The van der Waals surface area contributed by atoms with Gasteiger partial charge in [-0.15, -0.1) is 0 Å². The van der Waals surface area contributed by atoms with Gasteiger partial charge in [0.2, 0.25) is 5.95 Å². The summed E-state index contributed by atoms with van der Waals surface area (Å²) in [6.07, 6.45) is 1.81. The van der Waals surface area contributed by atoms with E-state index in [2.05, 4.69) is 51.7 Å². The molecule has 0 radical (unpaired) electrons. The molecule has 0 aliphatic rings. The summed E-state index contributed by atoms with van der Waals surface area (Å²) in [5.41, 5.74) is 4.50. The largest absolute Gasteiger partial charge is 0.328 e. The van der Waals surface area contributed by atoms with Gasteiger partial charge in [0.05, 0.1) is 0 Å². The number of benzene rings is 2. The molecule has 94 valence electrons. The van der Waals surface area contributed by atoms with Crippen LogP contribution in [0.25, 0.3) is 11.1 Å². The highest BCUT2D eigenvalue weighted by Gasteiger charge is 1.99. The summed E-state index contributed by atoms with van der Waals surface area (Å²) >= 11 is 0. The lowest BCUT2D eigenvalue weighted by Crippen LogP contribution is -1.92. The van der Waals surface area contributed by atoms with E-state index in [0.29, 0.717) is 0 Å². The van der Waals surface area contributed by atoms with Crippen LogP contribution in [0, 0.1) is 6.92 Å². The lowest BCUT2D eigenvalue weighted by atomic mass is 10.1. The minimum absolute atomic E-state index is 0.768. The molecule has 0 aliphatic carbocycles. The molecular formula is C16H15N3. The fraction of sp³-hybridized carbons (Fsp3) is 0.0625. The number of rotatable bonds is 3. The predicted molar refractivity (Wildman–Crippen MR) is 78.5 cm³/mol. The number of hydrogen-bond acceptors (Lipinski definition) is 2. The van der Waals surface area contributed by atoms with Crippen molar-refractivity contribution in [3.8, 4) is 11.1 Å². The van der Waals surface area contributed by atoms with Crippen LogP contribution in [0.5, 0.6) is 0 Å². The summed E-state index contributed by atoms with van der Waals surface area (Å²) in [6.45, 7) is 1.98. The monoisotopic (exact) mass is 249 g/mol. The van der Waals surface area contributed by atoms with Gasteiger partial charge in [0, 0.05) is 17.6 Å². The maximum atomic E-state index is 4.22. The van der Waals surface area contributed by atoms with Crippen LogP contribution in [0.4, 0.5) is 11.6 Å². The van der Waals surface area contributed by atoms with Crippen LogP contribution in [0.2, 0.25) is 0 Å². The Morgan fingerprint density at radius 2 is 1.58 bits per heavy atom. The fourth-order valence-electron chi connectivity index (χ4n) is 1.99. The quantitative estimate of drug-likeness (QED) is 0.732. The van der Waals surface area contributed by atoms with Gasteiger partial charge in [0.1, 0.15) is 0 Å². The number of H-pyrrole nitrogens is 1. The minimum atomic E-state index is 0.768. The van der Waals surface area contributed by atoms with Crippen molar-refractivity contribution in [1.29, 1.82) is 0 Å². The number of aromatic amines is 1. The topological polar surface area (TPSA) is 40.7 Å². The van der Waals surface area contributed by atoms with Crippen molar-refractivity contribution in [1.82, 2.24) is 9.97 Å². The molecule has 0 amide bonds. The Kier molecular flexibility index (Phi) is 3.02. The van der Waals surface area contributed by atoms with E-state index >= 15 is 0 Å². The Morgan fingerprint density at radius 3 is 2.21 bits per heavy atom. The summed E-state index contributed by atoms with van der Waals surface area (Å²) in [5.74, 6) is 0.768. The van der Waals surface area contributed by atoms with Gasteiger partial charge in [-0.1, -0.05) is 42.5 Å². The van der Waals surface area contributed by atoms with E-state index in [1.807, 2.05) is 25.1 Å². The van der Waals surface area contributed by atoms with Gasteiger partial charge >= 0.3 is 0 Å². The average Bonchev–Trinajstić information content (AvgIpc) is 2.86. The molecule has 2 aromatic carbocycles. The standard InChI is InChI=1S/C16H15N3/c1-12-11-17-16(18-12)19-15-9-7-14(8-10-15)13-5-3-2-4-6-13/h2-11H,1H3,(H2,17,18,19). The van der Waals surface area contributed by atoms with Crippen molar-refractivity contribution >= 4 is 11.6 Å². The maximum Gasteiger partial charge on any atom is 0.204 e. The molecule has 3 aromatic rings. The zero-order valence-electron chi connectivity index (χ0n) is 10.7. The number of nitrogens with one attached hydrogen (secondary N) is 2. The lowest BCUT2D eigenvalue weighted by molar-refractivity contribution is 1.24. The molecule has 0 bridgehead atoms. The second-order valence-corrected chi connectivity index (χ2v) is 4.48. The SMILES string of the molecule is Cc1cnc(Nc2ccc(-c3ccccc3)cc2)[nH]1. The molecule has 0 saturated carbocycles. The van der Waals surface area contributed by atoms with Crippen LogP contribution in [0.3, 0.4) is 0 Å². The van der Waals surface area contributed by atoms with Crippen LogP contribution in [-0.2, 0) is 0 Å². The first-order valence-electron chi connectivity index (χ1n) is 6.25. The average molecular weight is 249 g/mol. The number of anilines is 2. The summed E-state index contributed by atoms with van der Waals surface area (Å²) in [7, 11) is 0. The fourth-order valence-corrected chi connectivity index (χ4v) is 1.99. The summed E-state index contributed by atoms with van der Waals surface area (Å²) in [5, 5.41) is 3.24. The zero-order valence-corrected chi connectivity index (χ0v) is 10.7. The molecule has 3 heteroatoms. The predicted octanol–water partition coefficient (Wildman–Crippen LogP) is 4.13. The molecular weight excluding hydrogens is 234 g/mol. The van der Waals surface area contributed by atoms with E-state index in [1.165, 1.54) is 11.1 Å². The Morgan fingerprint density at radius 1 is 0.895 bits per heavy atom. The summed E-state index contributed by atoms with van der Waals surface area (Å²) < 4.78 is 0. The third-order valence-corrected chi connectivity index (χ3v) is 2.96. The smallest absolute Gasteiger partial charge is 0.204 e. The van der Waals surface area contributed by atoms with E-state index in [1.54, 1.807) is 6.20 Å². The lowest BCUT2D eigenvalue weighted by Gasteiger charge is -2.05. The van der Waals surface area contributed by atoms with Gasteiger partial charge in [-0.25, -0.2) is 4.98 Å². The van der Waals surface area contributed by atoms with Gasteiger partial charge in [-0.3, -0.25) is 0 Å². The molecule has 3 nitrogen and oxygen atoms in total. The zero-order chi connectivity index (χ0) is 13.1. The van der Waals surface area contributed by atoms with E-state index in [-0.39, 0.29) is 0 Å². The molecule has 1 heterocycles. The van der Waals surface area contributed by atoms with E-state index in [0.717, 1.165) is 17.3 Å². The van der Waals surface area contributed by atoms with Crippen LogP contribution in [0.1, 0.15) is 5.69 Å². The molecule has 0 atom stereocenters. The second kappa shape index (κ2) is 4.98. The highest BCUT2D eigenvalue weighted by atomic mass is 15.1. The molecule has 3 rings (SSSR count). The number of nitrogens with zero attached hydrogens (tertiary/aromatic N) is 1. The molecule has 1 aromatic heterocycles. The van der Waals surface area contributed by atoms with Gasteiger partial charge in [-0.05, 0) is 30.2 Å². The Labute approximate surface area is 112 Å². The minimum Gasteiger partial charge on any atom is -0.328 e. The van der Waals surface area contributed by atoms with Gasteiger partial charge in [0.25, 0.3) is 0 Å². The van der Waals surface area contributed by atoms with Crippen molar-refractivity contribution in [3.05, 3.63) is 66.5 Å². The Bertz CT molecular complexity index is 654. The Hall–Kier alpha value is -2.55. The molecule has 0 spiro atoms. The van der Waals surface area contributed by atoms with Crippen LogP contribution >= 0.6 is 0 Å². The molecule has 0 unspecified atom stereocenters. The van der Waals surface area contributed by atoms with Crippen molar-refractivity contribution in [2.45, 2.75) is 6.92 Å². The normalized spacial score (nSPS) is 10.4. The summed E-state index contributed by atoms with van der Waals surface area (Å²) in [6, 6.07) is 18.7. The highest BCUT2D eigenvalue weighted by molar-refractivity contribution is 5.67. The van der Waals surface area contributed by atoms with Crippen LogP contribution < -0.4 is 5.32 Å². The Balaban J connectivity index is 1.79. The summed E-state index contributed by atoms with van der Waals surface area (Å²) in [4.78, 5) is 7.37. The van der Waals surface area contributed by atoms with Gasteiger partial charge in [0.15, 0.2) is 0 Å². The number of hydrogen-bond donors (Lipinski definition) is 2. The van der Waals surface area contributed by atoms with Crippen molar-refractivity contribution < 1.29 is 0 Å². The van der Waals surface area contributed by atoms with Gasteiger partial charge < -0.3 is 10.3 Å². The van der Waals surface area contributed by atoms with E-state index in [4.69, 9.17) is 0 Å². The van der Waals surface area contributed by atoms with Crippen LogP contribution in [0.15, 0.2) is 60.8 Å². The first kappa shape index (κ1) is 11.5. The van der Waals surface area contributed by atoms with Crippen molar-refractivity contribution in [2.75, 3.05) is 5.32 Å². The third-order valence-electron chi connectivity index (χ3n) is 2.96. The molecule has 0 saturated heterocycles. The van der Waals surface area contributed by atoms with E-state index < -0.39 is 0 Å². The van der Waals surface area contributed by atoms with E-state index in [9.17, 15) is 0 Å². The molecule has 0 fully saturated rings. The molecule has 0 aliphatic heterocycles. The first-order valence-corrected chi connectivity index (χ1v) is 6.25. The number of aromatic nitrogens is 2. The van der Waals surface area contributed by atoms with Crippen molar-refractivity contribution in [2.24, 2.45) is 0 Å². The molecule has 19 heavy (non-hydrogen) atoms. The molecule has 2 N–H and O–H groups in total. The highest BCUT2D eigenvalue weighted by Crippen LogP contribution is 2.22. The second-order valence-electron chi connectivity index (χ2n) is 4.48.